The molecule has 0 unspecified atom stereocenters. The average Bonchev–Trinajstić information content (AvgIpc) is 2.81. The van der Waals surface area contributed by atoms with Crippen molar-refractivity contribution in [3.8, 4) is 0 Å². The van der Waals surface area contributed by atoms with E-state index >= 15 is 0 Å². The maximum Gasteiger partial charge on any atom is 0.264 e. The summed E-state index contributed by atoms with van der Waals surface area (Å²) >= 11 is 0. The van der Waals surface area contributed by atoms with Crippen LogP contribution in [0.2, 0.25) is 0 Å². The zero-order chi connectivity index (χ0) is 28.7. The van der Waals surface area contributed by atoms with E-state index in [2.05, 4.69) is 25.0 Å². The first-order chi connectivity index (χ1) is 17.7. The number of hydrogen-bond donors (Lipinski definition) is 0. The topological polar surface area (TPSA) is 118 Å². The third-order valence-corrected chi connectivity index (χ3v) is 8.87. The van der Waals surface area contributed by atoms with E-state index in [-0.39, 0.29) is 18.0 Å². The van der Waals surface area contributed by atoms with Gasteiger partial charge in [0.1, 0.15) is 0 Å². The van der Waals surface area contributed by atoms with E-state index in [0.717, 1.165) is 37.6 Å². The van der Waals surface area contributed by atoms with Crippen LogP contribution in [0.15, 0.2) is 18.2 Å². The van der Waals surface area contributed by atoms with Crippen LogP contribution in [0.1, 0.15) is 37.8 Å². The Kier molecular flexibility index (Phi) is 16.8. The molecule has 0 atom stereocenters. The van der Waals surface area contributed by atoms with Crippen molar-refractivity contribution in [1.82, 2.24) is 0 Å². The molecule has 0 aliphatic carbocycles. The zero-order valence-electron chi connectivity index (χ0n) is 23.3. The predicted molar refractivity (Wildman–Crippen MR) is 156 cm³/mol. The molecule has 0 N–H and O–H groups in total. The fourth-order valence-corrected chi connectivity index (χ4v) is 6.40. The Hall–Kier alpha value is -0.580. The van der Waals surface area contributed by atoms with Gasteiger partial charge >= 0.3 is 0 Å². The van der Waals surface area contributed by atoms with Crippen LogP contribution >= 0.6 is 21.6 Å². The molecule has 0 aliphatic heterocycles. The van der Waals surface area contributed by atoms with Gasteiger partial charge in [0.25, 0.3) is 20.2 Å². The first-order valence-electron chi connectivity index (χ1n) is 12.2. The van der Waals surface area contributed by atoms with Crippen molar-refractivity contribution in [1.29, 1.82) is 0 Å². The molecule has 0 amide bonds. The summed E-state index contributed by atoms with van der Waals surface area (Å²) in [4.78, 5) is 2.15. The predicted octanol–water partition coefficient (Wildman–Crippen LogP) is 3.70. The van der Waals surface area contributed by atoms with Gasteiger partial charge in [0, 0.05) is 30.6 Å². The average molecular weight is 618 g/mol. The van der Waals surface area contributed by atoms with Crippen molar-refractivity contribution < 1.29 is 39.4 Å². The standard InChI is InChI=1S/C24H43NO9S4/c1-24(2,36-35-4)8-7-9-25(10-11-31-14-15-32-13-12-30-3)23-17-21(19-33-37(5,26)27)16-22(18-23)20-34-38(6,28)29/h16-18H,7-15,19-20H2,1-6H3. The SMILES string of the molecule is COCCOCCOCCN(CCCC(C)(C)SSC)c1cc(COS(C)(=O)=O)cc(COS(C)(=O)=O)c1. The van der Waals surface area contributed by atoms with Gasteiger partial charge in [-0.15, -0.1) is 0 Å². The second kappa shape index (κ2) is 18.0. The van der Waals surface area contributed by atoms with Crippen LogP contribution in [-0.2, 0) is 56.0 Å². The summed E-state index contributed by atoms with van der Waals surface area (Å²) in [7, 11) is -2.10. The van der Waals surface area contributed by atoms with Gasteiger partial charge in [-0.05, 0) is 56.2 Å². The van der Waals surface area contributed by atoms with Gasteiger partial charge in [-0.3, -0.25) is 8.37 Å². The fraction of sp³-hybridized carbons (Fsp3) is 0.750. The van der Waals surface area contributed by atoms with E-state index in [1.165, 1.54) is 0 Å². The van der Waals surface area contributed by atoms with Crippen molar-refractivity contribution in [3.05, 3.63) is 29.3 Å². The molecule has 1 aromatic carbocycles. The molecule has 0 saturated heterocycles. The lowest BCUT2D eigenvalue weighted by atomic mass is 10.1. The normalized spacial score (nSPS) is 12.7. The summed E-state index contributed by atoms with van der Waals surface area (Å²) in [6.45, 7) is 7.82. The summed E-state index contributed by atoms with van der Waals surface area (Å²) in [6, 6.07) is 5.39. The molecule has 1 aromatic rings. The van der Waals surface area contributed by atoms with Crippen molar-refractivity contribution >= 4 is 47.5 Å². The van der Waals surface area contributed by atoms with E-state index in [1.54, 1.807) is 24.0 Å². The molecular weight excluding hydrogens is 575 g/mol. The Labute approximate surface area is 237 Å². The lowest BCUT2D eigenvalue weighted by Crippen LogP contribution is -2.30. The van der Waals surface area contributed by atoms with Gasteiger partial charge < -0.3 is 19.1 Å². The maximum atomic E-state index is 11.6. The molecule has 14 heteroatoms. The monoisotopic (exact) mass is 617 g/mol. The second-order valence-electron chi connectivity index (χ2n) is 9.26. The highest BCUT2D eigenvalue weighted by Crippen LogP contribution is 2.37. The van der Waals surface area contributed by atoms with Gasteiger partial charge in [-0.2, -0.15) is 16.8 Å². The van der Waals surface area contributed by atoms with Crippen LogP contribution in [0, 0.1) is 0 Å². The number of hydrogen-bond acceptors (Lipinski definition) is 12. The Balaban J connectivity index is 3.05. The molecule has 0 radical (unpaired) electrons. The van der Waals surface area contributed by atoms with Crippen LogP contribution in [0.5, 0.6) is 0 Å². The van der Waals surface area contributed by atoms with Crippen molar-refractivity contribution in [2.24, 2.45) is 0 Å². The van der Waals surface area contributed by atoms with Crippen LogP contribution in [0.3, 0.4) is 0 Å². The maximum absolute atomic E-state index is 11.6. The second-order valence-corrected chi connectivity index (χ2v) is 15.7. The molecule has 0 aliphatic rings. The van der Waals surface area contributed by atoms with Gasteiger partial charge in [0.2, 0.25) is 0 Å². The minimum Gasteiger partial charge on any atom is -0.382 e. The molecule has 38 heavy (non-hydrogen) atoms. The first-order valence-corrected chi connectivity index (χ1v) is 18.4. The smallest absolute Gasteiger partial charge is 0.264 e. The summed E-state index contributed by atoms with van der Waals surface area (Å²) < 4.78 is 72.5. The Morgan fingerprint density at radius 1 is 0.816 bits per heavy atom. The first kappa shape index (κ1) is 35.4. The summed E-state index contributed by atoms with van der Waals surface area (Å²) in [6.07, 6.45) is 5.95. The summed E-state index contributed by atoms with van der Waals surface area (Å²) in [5, 5.41) is 0. The van der Waals surface area contributed by atoms with Crippen molar-refractivity contribution in [3.63, 3.8) is 0 Å². The van der Waals surface area contributed by atoms with Gasteiger partial charge in [-0.25, -0.2) is 0 Å². The lowest BCUT2D eigenvalue weighted by molar-refractivity contribution is 0.0264. The third-order valence-electron chi connectivity index (χ3n) is 5.11. The van der Waals surface area contributed by atoms with Crippen LogP contribution in [0.25, 0.3) is 0 Å². The van der Waals surface area contributed by atoms with Crippen molar-refractivity contribution in [2.75, 3.05) is 76.9 Å². The number of methoxy groups -OCH3 is 1. The Bertz CT molecular complexity index is 963. The molecule has 0 fully saturated rings. The number of nitrogens with zero attached hydrogens (tertiary/aromatic N) is 1. The minimum absolute atomic E-state index is 0.112. The molecular formula is C24H43NO9S4. The largest absolute Gasteiger partial charge is 0.382 e. The van der Waals surface area contributed by atoms with Gasteiger partial charge in [-0.1, -0.05) is 27.7 Å². The van der Waals surface area contributed by atoms with Crippen molar-refractivity contribution in [2.45, 2.75) is 44.6 Å². The highest BCUT2D eigenvalue weighted by atomic mass is 33.1. The van der Waals surface area contributed by atoms with Crippen LogP contribution in [0.4, 0.5) is 5.69 Å². The lowest BCUT2D eigenvalue weighted by Gasteiger charge is -2.28. The number of ether oxygens (including phenoxy) is 3. The Morgan fingerprint density at radius 2 is 1.34 bits per heavy atom. The van der Waals surface area contributed by atoms with Gasteiger partial charge in [0.05, 0.1) is 58.8 Å². The summed E-state index contributed by atoms with van der Waals surface area (Å²) in [5.41, 5.74) is 1.99. The number of rotatable bonds is 22. The Morgan fingerprint density at radius 3 is 1.84 bits per heavy atom. The quantitative estimate of drug-likeness (QED) is 0.107. The molecule has 0 bridgehead atoms. The van der Waals surface area contributed by atoms with E-state index in [1.807, 2.05) is 22.9 Å². The highest BCUT2D eigenvalue weighted by molar-refractivity contribution is 8.76. The van der Waals surface area contributed by atoms with E-state index in [9.17, 15) is 16.8 Å². The van der Waals surface area contributed by atoms with E-state index < -0.39 is 20.2 Å². The van der Waals surface area contributed by atoms with E-state index in [4.69, 9.17) is 22.6 Å². The van der Waals surface area contributed by atoms with Gasteiger partial charge in [0.15, 0.2) is 0 Å². The molecule has 0 saturated carbocycles. The molecule has 0 heterocycles. The fourth-order valence-electron chi connectivity index (χ4n) is 3.41. The summed E-state index contributed by atoms with van der Waals surface area (Å²) in [5.74, 6) is 0. The zero-order valence-corrected chi connectivity index (χ0v) is 26.5. The molecule has 0 spiro atoms. The molecule has 0 aromatic heterocycles. The molecule has 10 nitrogen and oxygen atoms in total. The minimum atomic E-state index is -3.65. The third kappa shape index (κ3) is 17.9. The molecule has 1 rings (SSSR count). The van der Waals surface area contributed by atoms with E-state index in [0.29, 0.717) is 50.7 Å². The molecule has 222 valence electrons. The van der Waals surface area contributed by atoms with Crippen LogP contribution in [-0.4, -0.2) is 93.6 Å². The van der Waals surface area contributed by atoms with Crippen LogP contribution < -0.4 is 4.90 Å². The number of benzene rings is 1. The highest BCUT2D eigenvalue weighted by Gasteiger charge is 2.19. The number of anilines is 1.